The molecule has 0 amide bonds. The van der Waals surface area contributed by atoms with E-state index in [1.165, 1.54) is 0 Å². The van der Waals surface area contributed by atoms with E-state index in [0.29, 0.717) is 0 Å². The van der Waals surface area contributed by atoms with Crippen LogP contribution in [0.3, 0.4) is 0 Å². The minimum atomic E-state index is -1.11. The van der Waals surface area contributed by atoms with Gasteiger partial charge in [-0.15, -0.1) is 0 Å². The minimum absolute atomic E-state index is 0.541. The van der Waals surface area contributed by atoms with Crippen molar-refractivity contribution in [2.75, 3.05) is 0 Å². The van der Waals surface area contributed by atoms with Gasteiger partial charge in [0, 0.05) is 0 Å². The zero-order valence-electron chi connectivity index (χ0n) is 50.0. The Morgan fingerprint density at radius 1 is 0.273 bits per heavy atom. The Bertz CT molecular complexity index is 4040. The molecule has 0 aliphatic rings. The maximum atomic E-state index is 9.96. The third-order valence-electron chi connectivity index (χ3n) is 7.12. The van der Waals surface area contributed by atoms with Gasteiger partial charge in [-0.25, -0.2) is 0 Å². The van der Waals surface area contributed by atoms with Crippen molar-refractivity contribution in [3.8, 4) is 33.4 Å². The first-order valence-corrected chi connectivity index (χ1v) is 13.0. The van der Waals surface area contributed by atoms with E-state index in [2.05, 4.69) is 0 Å². The predicted molar refractivity (Wildman–Crippen MR) is 190 cm³/mol. The molecule has 0 aromatic heterocycles. The highest BCUT2D eigenvalue weighted by molar-refractivity contribution is 6.22. The van der Waals surface area contributed by atoms with Crippen molar-refractivity contribution >= 4 is 53.9 Å². The van der Waals surface area contributed by atoms with Crippen LogP contribution in [-0.4, -0.2) is 0 Å². The Balaban J connectivity index is 1.63. The van der Waals surface area contributed by atoms with Crippen molar-refractivity contribution < 1.29 is 38.4 Å². The lowest BCUT2D eigenvalue weighted by atomic mass is 9.84. The van der Waals surface area contributed by atoms with E-state index >= 15 is 0 Å². The van der Waals surface area contributed by atoms with E-state index in [4.69, 9.17) is 23.3 Å². The topological polar surface area (TPSA) is 0 Å². The second-order valence-electron chi connectivity index (χ2n) is 9.50. The van der Waals surface area contributed by atoms with E-state index in [1.54, 1.807) is 0 Å². The molecule has 9 rings (SSSR count). The molecule has 0 bridgehead atoms. The highest BCUT2D eigenvalue weighted by Crippen LogP contribution is 2.45. The fourth-order valence-electron chi connectivity index (χ4n) is 5.28. The van der Waals surface area contributed by atoms with Crippen LogP contribution in [0, 0.1) is 0 Å². The quantitative estimate of drug-likeness (QED) is 0.143. The maximum absolute atomic E-state index is 9.96. The monoisotopic (exact) mass is 584 g/mol. The van der Waals surface area contributed by atoms with Gasteiger partial charge in [0.1, 0.15) is 0 Å². The highest BCUT2D eigenvalue weighted by atomic mass is 14.2. The van der Waals surface area contributed by atoms with Gasteiger partial charge in [-0.2, -0.15) is 0 Å². The standard InChI is InChI=1S/C44H28/c1-2-13-30-26-34(25-24-29(30)12-1)44-40-22-9-7-20-38(40)43(39-21-8-10-23-41(39)44)33-16-11-15-31(27-33)42-28-32-14-3-4-17-35(32)36-18-5-6-19-37(36)42/h1-28H/i1D,2D,3D,4D,5D,6D,7D,8D,9D,10D,11D,12D,13D,14D,15D,16D,17D,18D,19D,20D,21D,22D,23D,24D,25D,26D,27D,28D. The van der Waals surface area contributed by atoms with Crippen molar-refractivity contribution in [2.45, 2.75) is 0 Å². The van der Waals surface area contributed by atoms with E-state index in [1.807, 2.05) is 0 Å². The Labute approximate surface area is 295 Å². The molecule has 0 heteroatoms. The van der Waals surface area contributed by atoms with Crippen molar-refractivity contribution in [3.05, 3.63) is 169 Å². The van der Waals surface area contributed by atoms with Crippen LogP contribution in [0.1, 0.15) is 38.4 Å². The molecule has 0 aliphatic heterocycles. The molecule has 0 nitrogen and oxygen atoms in total. The number of fused-ring (bicyclic) bond motifs is 6. The number of benzene rings is 9. The molecule has 0 atom stereocenters. The summed E-state index contributed by atoms with van der Waals surface area (Å²) < 4.78 is 252. The van der Waals surface area contributed by atoms with Crippen LogP contribution in [0.4, 0.5) is 0 Å². The van der Waals surface area contributed by atoms with Gasteiger partial charge in [-0.3, -0.25) is 0 Å². The van der Waals surface area contributed by atoms with Gasteiger partial charge in [0.2, 0.25) is 0 Å². The minimum Gasteiger partial charge on any atom is -0.0616 e. The van der Waals surface area contributed by atoms with Crippen LogP contribution in [0.25, 0.3) is 87.2 Å². The van der Waals surface area contributed by atoms with Crippen molar-refractivity contribution in [1.82, 2.24) is 0 Å². The molecule has 44 heavy (non-hydrogen) atoms. The zero-order chi connectivity index (χ0) is 53.4. The third kappa shape index (κ3) is 3.85. The Morgan fingerprint density at radius 3 is 1.41 bits per heavy atom. The van der Waals surface area contributed by atoms with Gasteiger partial charge < -0.3 is 0 Å². The molecule has 204 valence electrons. The highest BCUT2D eigenvalue weighted by Gasteiger charge is 2.17. The third-order valence-corrected chi connectivity index (χ3v) is 7.12. The summed E-state index contributed by atoms with van der Waals surface area (Å²) in [6.45, 7) is 0. The van der Waals surface area contributed by atoms with Gasteiger partial charge in [0.05, 0.1) is 38.4 Å². The Hall–Kier alpha value is -5.72. The Morgan fingerprint density at radius 2 is 0.750 bits per heavy atom. The van der Waals surface area contributed by atoms with Crippen LogP contribution >= 0.6 is 0 Å². The van der Waals surface area contributed by atoms with E-state index in [9.17, 15) is 15.1 Å². The number of rotatable bonds is 3. The van der Waals surface area contributed by atoms with Crippen LogP contribution in [0.2, 0.25) is 0 Å². The van der Waals surface area contributed by atoms with Gasteiger partial charge in [-0.1, -0.05) is 151 Å². The van der Waals surface area contributed by atoms with Gasteiger partial charge in [0.15, 0.2) is 0 Å². The number of hydrogen-bond acceptors (Lipinski definition) is 0. The van der Waals surface area contributed by atoms with Gasteiger partial charge in [0.25, 0.3) is 0 Å². The molecule has 9 aromatic carbocycles. The lowest BCUT2D eigenvalue weighted by molar-refractivity contribution is 1.64. The zero-order valence-corrected chi connectivity index (χ0v) is 22.0. The Kier molecular flexibility index (Phi) is 2.18. The molecular weight excluding hydrogens is 528 g/mol. The van der Waals surface area contributed by atoms with Crippen LogP contribution in [0.15, 0.2) is 169 Å². The summed E-state index contributed by atoms with van der Waals surface area (Å²) in [7, 11) is 0. The van der Waals surface area contributed by atoms with Crippen LogP contribution in [-0.2, 0) is 0 Å². The molecule has 0 fully saturated rings. The lowest BCUT2D eigenvalue weighted by Gasteiger charge is -2.19. The molecule has 0 radical (unpaired) electrons. The van der Waals surface area contributed by atoms with E-state index in [0.717, 1.165) is 0 Å². The average molecular weight is 585 g/mol. The fourth-order valence-corrected chi connectivity index (χ4v) is 5.28. The molecule has 0 saturated carbocycles. The molecule has 0 N–H and O–H groups in total. The maximum Gasteiger partial charge on any atom is 0.0636 e. The van der Waals surface area contributed by atoms with Gasteiger partial charge >= 0.3 is 0 Å². The average Bonchev–Trinajstić information content (AvgIpc) is 3.34. The predicted octanol–water partition coefficient (Wildman–Crippen LogP) is 12.5. The van der Waals surface area contributed by atoms with Crippen LogP contribution < -0.4 is 0 Å². The molecule has 0 aliphatic carbocycles. The lowest BCUT2D eigenvalue weighted by Crippen LogP contribution is -1.91. The summed E-state index contributed by atoms with van der Waals surface area (Å²) in [6, 6.07) is -26.7. The first-order valence-electron chi connectivity index (χ1n) is 27.0. The summed E-state index contributed by atoms with van der Waals surface area (Å²) in [5.74, 6) is 0. The van der Waals surface area contributed by atoms with Crippen molar-refractivity contribution in [1.29, 1.82) is 0 Å². The molecule has 0 spiro atoms. The van der Waals surface area contributed by atoms with Gasteiger partial charge in [-0.05, 0) is 105 Å². The summed E-state index contributed by atoms with van der Waals surface area (Å²) in [4.78, 5) is 0. The van der Waals surface area contributed by atoms with Crippen molar-refractivity contribution in [3.63, 3.8) is 0 Å². The largest absolute Gasteiger partial charge is 0.0636 e. The normalized spacial score (nSPS) is 20.5. The second-order valence-corrected chi connectivity index (χ2v) is 9.50. The summed E-state index contributed by atoms with van der Waals surface area (Å²) >= 11 is 0. The molecule has 0 heterocycles. The molecule has 0 unspecified atom stereocenters. The second kappa shape index (κ2) is 9.93. The SMILES string of the molecule is [2H]c1c([2H])c(-c2c3c([2H])c([2H])c([2H])c([2H])c3c(-c3c([2H])c([2H])c4c([2H])c([2H])c([2H])c([2H])c4c3[2H])c3c([2H])c([2H])c([2H])c([2H])c23)c([2H])c(-c2c([2H])c3c([2H])c([2H])c([2H])c([2H])c3c3c([2H])c([2H])c([2H])c([2H])c23)c1[2H]. The smallest absolute Gasteiger partial charge is 0.0616 e. The fraction of sp³-hybridized carbons (Fsp3) is 0. The van der Waals surface area contributed by atoms with E-state index in [-0.39, 0.29) is 0 Å². The van der Waals surface area contributed by atoms with E-state index < -0.39 is 256 Å². The first kappa shape index (κ1) is 9.64. The van der Waals surface area contributed by atoms with Crippen molar-refractivity contribution in [2.24, 2.45) is 0 Å². The summed E-state index contributed by atoms with van der Waals surface area (Å²) in [5.41, 5.74) is -4.93. The number of hydrogen-bond donors (Lipinski definition) is 0. The summed E-state index contributed by atoms with van der Waals surface area (Å²) in [6.07, 6.45) is 0. The molecule has 0 saturated heterocycles. The summed E-state index contributed by atoms with van der Waals surface area (Å²) in [5, 5.41) is -6.79. The first-order chi connectivity index (χ1) is 33.5. The molecule has 9 aromatic rings. The molecular formula is C44H28. The van der Waals surface area contributed by atoms with Crippen LogP contribution in [0.5, 0.6) is 0 Å².